The molecule has 0 unspecified atom stereocenters. The fraction of sp³-hybridized carbons (Fsp3) is 0.130. The molecule has 0 radical (unpaired) electrons. The molecule has 0 spiro atoms. The molecule has 9 nitrogen and oxygen atoms in total. The second kappa shape index (κ2) is 10.0. The monoisotopic (exact) mass is 460 g/mol. The first-order valence-corrected chi connectivity index (χ1v) is 10.9. The molecule has 0 saturated heterocycles. The second-order valence-corrected chi connectivity index (χ2v) is 7.83. The van der Waals surface area contributed by atoms with Gasteiger partial charge in [0.2, 0.25) is 0 Å². The van der Waals surface area contributed by atoms with Gasteiger partial charge in [0.15, 0.2) is 11.0 Å². The Kier molecular flexibility index (Phi) is 6.75. The van der Waals surface area contributed by atoms with Crippen LogP contribution < -0.4 is 4.74 Å². The van der Waals surface area contributed by atoms with Crippen molar-refractivity contribution < 1.29 is 9.66 Å². The minimum absolute atomic E-state index is 0.00929. The van der Waals surface area contributed by atoms with Crippen molar-refractivity contribution in [3.8, 4) is 17.1 Å². The predicted octanol–water partition coefficient (Wildman–Crippen LogP) is 5.18. The van der Waals surface area contributed by atoms with E-state index in [9.17, 15) is 10.1 Å². The molecule has 0 atom stereocenters. The Bertz CT molecular complexity index is 1290. The molecule has 2 aromatic heterocycles. The molecule has 4 aromatic rings. The minimum atomic E-state index is -0.421. The van der Waals surface area contributed by atoms with Crippen LogP contribution in [0.4, 0.5) is 11.4 Å². The quantitative estimate of drug-likeness (QED) is 0.202. The number of hydrogen-bond acceptors (Lipinski definition) is 8. The zero-order valence-electron chi connectivity index (χ0n) is 18.0. The fourth-order valence-electron chi connectivity index (χ4n) is 3.12. The first-order valence-electron chi connectivity index (χ1n) is 10.1. The van der Waals surface area contributed by atoms with Gasteiger partial charge in [-0.3, -0.25) is 20.1 Å². The van der Waals surface area contributed by atoms with Gasteiger partial charge in [0, 0.05) is 53.3 Å². The lowest BCUT2D eigenvalue weighted by atomic mass is 10.2. The van der Waals surface area contributed by atoms with Gasteiger partial charge in [0.25, 0.3) is 5.69 Å². The summed E-state index contributed by atoms with van der Waals surface area (Å²) < 4.78 is 7.16. The van der Waals surface area contributed by atoms with Gasteiger partial charge in [-0.05, 0) is 61.2 Å². The number of aromatic nitrogens is 4. The number of nitro groups is 1. The average Bonchev–Trinajstić information content (AvgIpc) is 3.26. The van der Waals surface area contributed by atoms with Crippen molar-refractivity contribution in [2.24, 2.45) is 4.99 Å². The van der Waals surface area contributed by atoms with Crippen LogP contribution in [0.3, 0.4) is 0 Å². The van der Waals surface area contributed by atoms with E-state index in [-0.39, 0.29) is 5.69 Å². The van der Waals surface area contributed by atoms with Crippen molar-refractivity contribution in [2.75, 3.05) is 7.11 Å². The number of benzene rings is 2. The largest absolute Gasteiger partial charge is 0.497 e. The summed E-state index contributed by atoms with van der Waals surface area (Å²) in [6.07, 6.45) is 5.04. The molecule has 4 rings (SSSR count). The summed E-state index contributed by atoms with van der Waals surface area (Å²) >= 11 is 1.38. The lowest BCUT2D eigenvalue weighted by molar-refractivity contribution is -0.384. The van der Waals surface area contributed by atoms with Crippen molar-refractivity contribution in [3.63, 3.8) is 0 Å². The van der Waals surface area contributed by atoms with Crippen molar-refractivity contribution in [3.05, 3.63) is 82.7 Å². The molecule has 0 N–H and O–H groups in total. The van der Waals surface area contributed by atoms with E-state index in [1.807, 2.05) is 35.8 Å². The summed E-state index contributed by atoms with van der Waals surface area (Å²) in [6.45, 7) is 2.68. The lowest BCUT2D eigenvalue weighted by Crippen LogP contribution is -2.00. The Labute approximate surface area is 194 Å². The first-order chi connectivity index (χ1) is 16.1. The first kappa shape index (κ1) is 22.2. The van der Waals surface area contributed by atoms with Gasteiger partial charge in [-0.15, -0.1) is 10.2 Å². The third kappa shape index (κ3) is 5.07. The maximum Gasteiger partial charge on any atom is 0.270 e. The highest BCUT2D eigenvalue weighted by Gasteiger charge is 2.17. The molecule has 2 aromatic carbocycles. The molecule has 0 aliphatic carbocycles. The van der Waals surface area contributed by atoms with Crippen molar-refractivity contribution in [1.82, 2.24) is 19.7 Å². The minimum Gasteiger partial charge on any atom is -0.497 e. The number of aliphatic imine (C=N–C) groups is 1. The van der Waals surface area contributed by atoms with Crippen molar-refractivity contribution in [2.45, 2.75) is 23.5 Å². The van der Waals surface area contributed by atoms with Gasteiger partial charge in [-0.1, -0.05) is 0 Å². The fourth-order valence-corrected chi connectivity index (χ4v) is 4.09. The Morgan fingerprint density at radius 3 is 2.55 bits per heavy atom. The highest BCUT2D eigenvalue weighted by Crippen LogP contribution is 2.33. The van der Waals surface area contributed by atoms with Crippen molar-refractivity contribution in [1.29, 1.82) is 0 Å². The Hall–Kier alpha value is -4.05. The van der Waals surface area contributed by atoms with Gasteiger partial charge < -0.3 is 9.30 Å². The Morgan fingerprint density at radius 2 is 1.88 bits per heavy atom. The summed E-state index contributed by atoms with van der Waals surface area (Å²) in [7, 11) is 1.60. The maximum absolute atomic E-state index is 11.3. The van der Waals surface area contributed by atoms with Crippen LogP contribution in [0, 0.1) is 10.1 Å². The Balaban J connectivity index is 1.68. The number of methoxy groups -OCH3 is 1. The van der Waals surface area contributed by atoms with Crippen LogP contribution in [0.1, 0.15) is 12.5 Å². The molecule has 0 saturated carbocycles. The van der Waals surface area contributed by atoms with Crippen LogP contribution >= 0.6 is 11.8 Å². The number of non-ortho nitro benzene ring substituents is 1. The summed E-state index contributed by atoms with van der Waals surface area (Å²) in [5.41, 5.74) is 2.22. The third-order valence-electron chi connectivity index (χ3n) is 4.80. The number of hydrogen-bond donors (Lipinski definition) is 0. The van der Waals surface area contributed by atoms with E-state index in [0.29, 0.717) is 23.0 Å². The molecule has 0 fully saturated rings. The van der Waals surface area contributed by atoms with E-state index in [1.165, 1.54) is 23.9 Å². The number of pyridine rings is 1. The van der Waals surface area contributed by atoms with E-state index in [2.05, 4.69) is 20.2 Å². The van der Waals surface area contributed by atoms with Crippen LogP contribution in [0.15, 0.2) is 82.0 Å². The summed E-state index contributed by atoms with van der Waals surface area (Å²) in [5, 5.41) is 20.7. The molecule has 0 amide bonds. The topological polar surface area (TPSA) is 108 Å². The number of nitrogens with zero attached hydrogens (tertiary/aromatic N) is 6. The zero-order chi connectivity index (χ0) is 23.2. The summed E-state index contributed by atoms with van der Waals surface area (Å²) in [4.78, 5) is 20.2. The van der Waals surface area contributed by atoms with Gasteiger partial charge >= 0.3 is 0 Å². The van der Waals surface area contributed by atoms with E-state index in [4.69, 9.17) is 4.74 Å². The normalized spacial score (nSPS) is 11.1. The standard InChI is InChI=1S/C23H20N6O3S/c1-3-28-22(16-10-12-24-13-11-16)26-27-23(28)33-21-9-6-19(29(30)31)14-17(21)15-25-18-4-7-20(32-2)8-5-18/h4-15H,3H2,1-2H3. The van der Waals surface area contributed by atoms with Gasteiger partial charge in [0.05, 0.1) is 17.7 Å². The highest BCUT2D eigenvalue weighted by atomic mass is 32.2. The molecule has 166 valence electrons. The molecular formula is C23H20N6O3S. The average molecular weight is 461 g/mol. The van der Waals surface area contributed by atoms with E-state index >= 15 is 0 Å². The lowest BCUT2D eigenvalue weighted by Gasteiger charge is -2.09. The van der Waals surface area contributed by atoms with Crippen LogP contribution in [0.2, 0.25) is 0 Å². The molecule has 0 aliphatic heterocycles. The zero-order valence-corrected chi connectivity index (χ0v) is 18.8. The van der Waals surface area contributed by atoms with E-state index in [0.717, 1.165) is 22.0 Å². The molecule has 10 heteroatoms. The number of ether oxygens (including phenoxy) is 1. The second-order valence-electron chi connectivity index (χ2n) is 6.82. The number of rotatable bonds is 8. The van der Waals surface area contributed by atoms with Gasteiger partial charge in [-0.25, -0.2) is 0 Å². The molecular weight excluding hydrogens is 440 g/mol. The van der Waals surface area contributed by atoms with E-state index < -0.39 is 4.92 Å². The van der Waals surface area contributed by atoms with Crippen LogP contribution in [-0.2, 0) is 6.54 Å². The molecule has 0 aliphatic rings. The summed E-state index contributed by atoms with van der Waals surface area (Å²) in [5.74, 6) is 1.46. The van der Waals surface area contributed by atoms with E-state index in [1.54, 1.807) is 43.9 Å². The Morgan fingerprint density at radius 1 is 1.12 bits per heavy atom. The molecule has 33 heavy (non-hydrogen) atoms. The van der Waals surface area contributed by atoms with Crippen LogP contribution in [0.5, 0.6) is 5.75 Å². The predicted molar refractivity (Wildman–Crippen MR) is 126 cm³/mol. The third-order valence-corrected chi connectivity index (χ3v) is 5.88. The maximum atomic E-state index is 11.3. The number of nitro benzene ring substituents is 1. The smallest absolute Gasteiger partial charge is 0.270 e. The van der Waals surface area contributed by atoms with Crippen molar-refractivity contribution >= 4 is 29.4 Å². The van der Waals surface area contributed by atoms with Gasteiger partial charge in [0.1, 0.15) is 5.75 Å². The molecule has 0 bridgehead atoms. The van der Waals surface area contributed by atoms with Crippen LogP contribution in [0.25, 0.3) is 11.4 Å². The SMILES string of the molecule is CCn1c(Sc2ccc([N+](=O)[O-])cc2C=Nc2ccc(OC)cc2)nnc1-c1ccncc1. The van der Waals surface area contributed by atoms with Gasteiger partial charge in [-0.2, -0.15) is 0 Å². The molecule has 2 heterocycles. The summed E-state index contributed by atoms with van der Waals surface area (Å²) in [6, 6.07) is 15.7. The highest BCUT2D eigenvalue weighted by molar-refractivity contribution is 7.99. The van der Waals surface area contributed by atoms with Crippen LogP contribution in [-0.4, -0.2) is 38.0 Å².